The van der Waals surface area contributed by atoms with Crippen molar-refractivity contribution in [1.29, 1.82) is 0 Å². The second-order valence-electron chi connectivity index (χ2n) is 8.03. The van der Waals surface area contributed by atoms with E-state index in [0.29, 0.717) is 23.1 Å². The fourth-order valence-corrected chi connectivity index (χ4v) is 3.91. The number of benzene rings is 2. The molecule has 4 rings (SSSR count). The van der Waals surface area contributed by atoms with Crippen LogP contribution >= 0.6 is 0 Å². The second kappa shape index (κ2) is 9.24. The maximum Gasteiger partial charge on any atom is 0.435 e. The van der Waals surface area contributed by atoms with E-state index in [1.165, 1.54) is 4.90 Å². The van der Waals surface area contributed by atoms with Gasteiger partial charge in [-0.1, -0.05) is 23.4 Å². The average Bonchev–Trinajstić information content (AvgIpc) is 3.26. The third-order valence-corrected chi connectivity index (χ3v) is 5.72. The molecule has 0 bridgehead atoms. The van der Waals surface area contributed by atoms with Gasteiger partial charge < -0.3 is 10.2 Å². The minimum Gasteiger partial charge on any atom is -0.349 e. The first kappa shape index (κ1) is 23.4. The number of hydrogen-bond acceptors (Lipinski definition) is 4. The molecule has 0 spiro atoms. The lowest BCUT2D eigenvalue weighted by molar-refractivity contribution is -0.143. The number of piperidine rings is 1. The van der Waals surface area contributed by atoms with Gasteiger partial charge >= 0.3 is 6.18 Å². The van der Waals surface area contributed by atoms with Crippen LogP contribution in [0.2, 0.25) is 0 Å². The second-order valence-corrected chi connectivity index (χ2v) is 8.03. The molecule has 1 saturated heterocycles. The summed E-state index contributed by atoms with van der Waals surface area (Å²) >= 11 is 0. The highest BCUT2D eigenvalue weighted by atomic mass is 19.4. The van der Waals surface area contributed by atoms with E-state index in [-0.39, 0.29) is 30.7 Å². The van der Waals surface area contributed by atoms with Crippen LogP contribution in [0.15, 0.2) is 48.5 Å². The minimum atomic E-state index is -4.91. The molecule has 0 aliphatic carbocycles. The summed E-state index contributed by atoms with van der Waals surface area (Å²) in [5.41, 5.74) is -0.832. The Morgan fingerprint density at radius 3 is 2.29 bits per heavy atom. The Kier molecular flexibility index (Phi) is 6.36. The number of nitrogens with zero attached hydrogens (tertiary/aromatic N) is 4. The zero-order valence-electron chi connectivity index (χ0n) is 18.1. The highest BCUT2D eigenvalue weighted by molar-refractivity contribution is 5.96. The number of halogens is 4. The number of aromatic nitrogens is 3. The van der Waals surface area contributed by atoms with Crippen molar-refractivity contribution in [2.45, 2.75) is 32.0 Å². The van der Waals surface area contributed by atoms with Crippen molar-refractivity contribution in [3.63, 3.8) is 0 Å². The molecular formula is C23H21F4N5O2. The van der Waals surface area contributed by atoms with Crippen LogP contribution in [-0.2, 0) is 6.18 Å². The Labute approximate surface area is 192 Å². The molecule has 1 aliphatic heterocycles. The lowest BCUT2D eigenvalue weighted by atomic mass is 10.0. The van der Waals surface area contributed by atoms with Crippen molar-refractivity contribution in [2.24, 2.45) is 0 Å². The Balaban J connectivity index is 1.47. The molecule has 11 heteroatoms. The smallest absolute Gasteiger partial charge is 0.349 e. The molecule has 3 aromatic rings. The molecule has 1 N–H and O–H groups in total. The summed E-state index contributed by atoms with van der Waals surface area (Å²) in [7, 11) is 0. The number of hydrogen-bond donors (Lipinski definition) is 1. The average molecular weight is 475 g/mol. The molecule has 0 radical (unpaired) electrons. The summed E-state index contributed by atoms with van der Waals surface area (Å²) in [4.78, 5) is 26.7. The van der Waals surface area contributed by atoms with Crippen molar-refractivity contribution in [3.8, 4) is 5.69 Å². The number of carbonyl (C=O) groups is 2. The van der Waals surface area contributed by atoms with E-state index in [4.69, 9.17) is 0 Å². The lowest BCUT2D eigenvalue weighted by Gasteiger charge is -2.32. The number of rotatable bonds is 4. The molecule has 0 unspecified atom stereocenters. The zero-order valence-corrected chi connectivity index (χ0v) is 18.1. The first-order valence-corrected chi connectivity index (χ1v) is 10.6. The van der Waals surface area contributed by atoms with Crippen LogP contribution in [0, 0.1) is 12.7 Å². The summed E-state index contributed by atoms with van der Waals surface area (Å²) in [5.74, 6) is -1.75. The highest BCUT2D eigenvalue weighted by Gasteiger charge is 2.43. The van der Waals surface area contributed by atoms with Gasteiger partial charge in [-0.05, 0) is 55.7 Å². The predicted octanol–water partition coefficient (Wildman–Crippen LogP) is 3.77. The van der Waals surface area contributed by atoms with Crippen molar-refractivity contribution >= 4 is 11.8 Å². The first-order valence-electron chi connectivity index (χ1n) is 10.6. The van der Waals surface area contributed by atoms with Gasteiger partial charge in [-0.3, -0.25) is 9.59 Å². The van der Waals surface area contributed by atoms with Gasteiger partial charge in [-0.15, -0.1) is 5.10 Å². The van der Waals surface area contributed by atoms with Crippen molar-refractivity contribution in [3.05, 3.63) is 76.9 Å². The SMILES string of the molecule is Cc1ccccc1C(=O)NC1CCN(C(=O)c2nnn(-c3ccc(F)cc3)c2C(F)(F)F)CC1. The van der Waals surface area contributed by atoms with Crippen LogP contribution in [-0.4, -0.2) is 50.8 Å². The third kappa shape index (κ3) is 4.78. The monoisotopic (exact) mass is 475 g/mol. The Bertz CT molecular complexity index is 1200. The van der Waals surface area contributed by atoms with Gasteiger partial charge in [-0.25, -0.2) is 9.07 Å². The van der Waals surface area contributed by atoms with Gasteiger partial charge in [-0.2, -0.15) is 13.2 Å². The van der Waals surface area contributed by atoms with E-state index >= 15 is 0 Å². The van der Waals surface area contributed by atoms with Gasteiger partial charge in [0.25, 0.3) is 11.8 Å². The lowest BCUT2D eigenvalue weighted by Crippen LogP contribution is -2.47. The predicted molar refractivity (Wildman–Crippen MR) is 114 cm³/mol. The molecular weight excluding hydrogens is 454 g/mol. The summed E-state index contributed by atoms with van der Waals surface area (Å²) in [6.45, 7) is 2.13. The number of aryl methyl sites for hydroxylation is 1. The quantitative estimate of drug-likeness (QED) is 0.583. The van der Waals surface area contributed by atoms with Gasteiger partial charge in [0.2, 0.25) is 0 Å². The normalized spacial score (nSPS) is 14.8. The molecule has 1 aliphatic rings. The summed E-state index contributed by atoms with van der Waals surface area (Å²) in [6.07, 6.45) is -4.14. The van der Waals surface area contributed by atoms with E-state index in [9.17, 15) is 27.2 Å². The maximum atomic E-state index is 13.8. The number of carbonyl (C=O) groups excluding carboxylic acids is 2. The Morgan fingerprint density at radius 1 is 1.03 bits per heavy atom. The molecule has 2 aromatic carbocycles. The highest BCUT2D eigenvalue weighted by Crippen LogP contribution is 2.33. The molecule has 2 heterocycles. The van der Waals surface area contributed by atoms with Gasteiger partial charge in [0.15, 0.2) is 11.4 Å². The standard InChI is InChI=1S/C23H21F4N5O2/c1-14-4-2-3-5-18(14)21(33)28-16-10-12-31(13-11-16)22(34)19-20(23(25,26)27)32(30-29-19)17-8-6-15(24)7-9-17/h2-9,16H,10-13H2,1H3,(H,28,33). The maximum absolute atomic E-state index is 13.8. The number of amides is 2. The van der Waals surface area contributed by atoms with Crippen molar-refractivity contribution in [1.82, 2.24) is 25.2 Å². The van der Waals surface area contributed by atoms with E-state index < -0.39 is 29.3 Å². The number of alkyl halides is 3. The molecule has 7 nitrogen and oxygen atoms in total. The summed E-state index contributed by atoms with van der Waals surface area (Å²) in [6, 6.07) is 11.2. The zero-order chi connectivity index (χ0) is 24.5. The van der Waals surface area contributed by atoms with E-state index in [1.807, 2.05) is 19.1 Å². The molecule has 0 saturated carbocycles. The molecule has 1 aromatic heterocycles. The van der Waals surface area contributed by atoms with Crippen LogP contribution in [0.5, 0.6) is 0 Å². The molecule has 0 atom stereocenters. The third-order valence-electron chi connectivity index (χ3n) is 5.72. The summed E-state index contributed by atoms with van der Waals surface area (Å²) in [5, 5.41) is 9.95. The molecule has 34 heavy (non-hydrogen) atoms. The summed E-state index contributed by atoms with van der Waals surface area (Å²) < 4.78 is 55.2. The van der Waals surface area contributed by atoms with Crippen LogP contribution in [0.3, 0.4) is 0 Å². The van der Waals surface area contributed by atoms with Gasteiger partial charge in [0.1, 0.15) is 5.82 Å². The number of likely N-dealkylation sites (tertiary alicyclic amines) is 1. The fourth-order valence-electron chi connectivity index (χ4n) is 3.91. The van der Waals surface area contributed by atoms with Crippen LogP contribution in [0.4, 0.5) is 17.6 Å². The first-order chi connectivity index (χ1) is 16.1. The molecule has 1 fully saturated rings. The van der Waals surface area contributed by atoms with Crippen LogP contribution in [0.25, 0.3) is 5.69 Å². The molecule has 2 amide bonds. The van der Waals surface area contributed by atoms with Crippen molar-refractivity contribution < 1.29 is 27.2 Å². The minimum absolute atomic E-state index is 0.0714. The largest absolute Gasteiger partial charge is 0.435 e. The Hall–Kier alpha value is -3.76. The molecule has 178 valence electrons. The van der Waals surface area contributed by atoms with E-state index in [1.54, 1.807) is 12.1 Å². The van der Waals surface area contributed by atoms with Crippen molar-refractivity contribution in [2.75, 3.05) is 13.1 Å². The Morgan fingerprint density at radius 2 is 1.68 bits per heavy atom. The topological polar surface area (TPSA) is 80.1 Å². The van der Waals surface area contributed by atoms with Crippen LogP contribution in [0.1, 0.15) is 44.9 Å². The fraction of sp³-hybridized carbons (Fsp3) is 0.304. The van der Waals surface area contributed by atoms with E-state index in [0.717, 1.165) is 29.8 Å². The van der Waals surface area contributed by atoms with E-state index in [2.05, 4.69) is 15.6 Å². The number of nitrogens with one attached hydrogen (secondary N) is 1. The van der Waals surface area contributed by atoms with Crippen LogP contribution < -0.4 is 5.32 Å². The van der Waals surface area contributed by atoms with Gasteiger partial charge in [0.05, 0.1) is 5.69 Å². The van der Waals surface area contributed by atoms with Gasteiger partial charge in [0, 0.05) is 24.7 Å².